The lowest BCUT2D eigenvalue weighted by Crippen LogP contribution is -2.49. The number of piperazine rings is 1. The summed E-state index contributed by atoms with van der Waals surface area (Å²) in [5.74, 6) is 0. The van der Waals surface area contributed by atoms with E-state index in [9.17, 15) is 4.79 Å². The van der Waals surface area contributed by atoms with E-state index in [4.69, 9.17) is 1.12 Å². The Morgan fingerprint density at radius 1 is 1.00 bits per heavy atom. The van der Waals surface area contributed by atoms with Crippen LogP contribution in [-0.2, 0) is 0 Å². The molecule has 3 heterocycles. The van der Waals surface area contributed by atoms with Crippen LogP contribution in [0.25, 0.3) is 22.2 Å². The molecule has 7 heteroatoms. The fourth-order valence-electron chi connectivity index (χ4n) is 4.99. The molecule has 0 radical (unpaired) electrons. The third-order valence-electron chi connectivity index (χ3n) is 6.60. The maximum absolute atomic E-state index is 13.6. The first kappa shape index (κ1) is 18.5. The predicted octanol–water partition coefficient (Wildman–Crippen LogP) is 3.40. The molecule has 156 valence electrons. The molecule has 1 saturated heterocycles. The minimum absolute atomic E-state index is 0.0435. The minimum Gasteiger partial charge on any atom is -0.298 e. The second-order valence-electron chi connectivity index (χ2n) is 8.33. The average Bonchev–Trinajstić information content (AvgIpc) is 2.84. The molecule has 0 amide bonds. The zero-order valence-electron chi connectivity index (χ0n) is 18.0. The van der Waals surface area contributed by atoms with E-state index in [2.05, 4.69) is 19.2 Å². The van der Waals surface area contributed by atoms with Crippen LogP contribution in [0.4, 0.5) is 0 Å². The number of nitrogens with zero attached hydrogens (tertiary/aromatic N) is 5. The van der Waals surface area contributed by atoms with Crippen molar-refractivity contribution >= 4 is 23.8 Å². The summed E-state index contributed by atoms with van der Waals surface area (Å²) in [7, 11) is 0. The van der Waals surface area contributed by atoms with Crippen molar-refractivity contribution in [1.82, 2.24) is 23.7 Å². The Bertz CT molecular complexity index is 1090. The summed E-state index contributed by atoms with van der Waals surface area (Å²) in [6.07, 6.45) is 7.49. The van der Waals surface area contributed by atoms with E-state index in [0.29, 0.717) is 11.6 Å². The molecule has 5 rings (SSSR count). The second kappa shape index (κ2) is 8.49. The summed E-state index contributed by atoms with van der Waals surface area (Å²) in [4.78, 5) is 24.9. The normalized spacial score (nSPS) is 24.1. The first-order valence-electron chi connectivity index (χ1n) is 11.2. The van der Waals surface area contributed by atoms with Gasteiger partial charge in [-0.25, -0.2) is 9.97 Å². The van der Waals surface area contributed by atoms with E-state index < -0.39 is 0 Å². The highest BCUT2D eigenvalue weighted by atomic mass is 32.1. The number of benzene rings is 1. The zero-order valence-corrected chi connectivity index (χ0v) is 17.8. The van der Waals surface area contributed by atoms with Gasteiger partial charge >= 0.3 is 0 Å². The fourth-order valence-corrected chi connectivity index (χ4v) is 5.16. The maximum atomic E-state index is 13.6. The van der Waals surface area contributed by atoms with Gasteiger partial charge in [0.2, 0.25) is 0 Å². The smallest absolute Gasteiger partial charge is 0.260 e. The molecule has 1 aliphatic carbocycles. The topological polar surface area (TPSA) is 54.3 Å². The Morgan fingerprint density at radius 3 is 2.47 bits per heavy atom. The molecule has 0 unspecified atom stereocenters. The standard InChI is InChI=1S/C23H27N5OS/c29-23-21(17-4-2-1-3-5-17)14-18-15-24-16-25-22(18)28(23)20-8-6-19(7-9-20)26-10-12-27(30)13-11-26/h1-5,14-16,19-20,30H,6-13H2/i30D. The number of pyridine rings is 1. The summed E-state index contributed by atoms with van der Waals surface area (Å²) >= 11 is 1.10. The average molecular weight is 423 g/mol. The first-order valence-corrected chi connectivity index (χ1v) is 11.1. The van der Waals surface area contributed by atoms with Crippen molar-refractivity contribution in [3.8, 4) is 11.1 Å². The molecule has 1 saturated carbocycles. The highest BCUT2D eigenvalue weighted by Gasteiger charge is 2.30. The van der Waals surface area contributed by atoms with Crippen molar-refractivity contribution in [3.05, 3.63) is 59.3 Å². The van der Waals surface area contributed by atoms with E-state index in [-0.39, 0.29) is 11.6 Å². The predicted molar refractivity (Wildman–Crippen MR) is 123 cm³/mol. The van der Waals surface area contributed by atoms with Gasteiger partial charge in [-0.05, 0) is 37.3 Å². The van der Waals surface area contributed by atoms with Gasteiger partial charge in [0.15, 0.2) is 0 Å². The van der Waals surface area contributed by atoms with Crippen LogP contribution >= 0.6 is 12.7 Å². The Labute approximate surface area is 183 Å². The van der Waals surface area contributed by atoms with Gasteiger partial charge in [0.25, 0.3) is 5.56 Å². The minimum atomic E-state index is 0.0435. The van der Waals surface area contributed by atoms with Gasteiger partial charge in [0, 0.05) is 55.4 Å². The number of rotatable bonds is 4. The lowest BCUT2D eigenvalue weighted by atomic mass is 9.89. The van der Waals surface area contributed by atoms with Crippen molar-refractivity contribution in [1.29, 1.82) is 1.12 Å². The Hall–Kier alpha value is -2.22. The Balaban J connectivity index is 1.42. The van der Waals surface area contributed by atoms with Crippen LogP contribution in [-0.4, -0.2) is 57.1 Å². The van der Waals surface area contributed by atoms with Crippen molar-refractivity contribution in [2.24, 2.45) is 0 Å². The molecule has 1 aliphatic heterocycles. The SMILES string of the molecule is [2H]SN1CCN(C2CCC(n3c(=O)c(-c4ccccc4)cc4cncnc43)CC2)CC1. The van der Waals surface area contributed by atoms with Crippen LogP contribution in [0.3, 0.4) is 0 Å². The summed E-state index contributed by atoms with van der Waals surface area (Å²) in [6.45, 7) is 3.96. The van der Waals surface area contributed by atoms with E-state index in [1.807, 2.05) is 41.0 Å². The Morgan fingerprint density at radius 2 is 1.73 bits per heavy atom. The maximum Gasteiger partial charge on any atom is 0.260 e. The molecule has 2 aliphatic rings. The van der Waals surface area contributed by atoms with Gasteiger partial charge in [0.05, 0.1) is 0 Å². The molecule has 3 aromatic rings. The van der Waals surface area contributed by atoms with Crippen molar-refractivity contribution < 1.29 is 0 Å². The van der Waals surface area contributed by atoms with E-state index in [1.165, 1.54) is 6.33 Å². The van der Waals surface area contributed by atoms with Crippen molar-refractivity contribution in [2.45, 2.75) is 37.8 Å². The highest BCUT2D eigenvalue weighted by molar-refractivity contribution is 7.77. The molecule has 2 aromatic heterocycles. The first-order chi connectivity index (χ1) is 15.2. The van der Waals surface area contributed by atoms with Crippen LogP contribution in [0.15, 0.2) is 53.7 Å². The third-order valence-corrected chi connectivity index (χ3v) is 6.97. The van der Waals surface area contributed by atoms with Crippen LogP contribution in [0.5, 0.6) is 0 Å². The van der Waals surface area contributed by atoms with Crippen LogP contribution in [0, 0.1) is 0 Å². The zero-order chi connectivity index (χ0) is 21.2. The number of thiol groups is 1. The molecular weight excluding hydrogens is 394 g/mol. The largest absolute Gasteiger partial charge is 0.298 e. The molecular formula is C23H27N5OS. The van der Waals surface area contributed by atoms with Gasteiger partial charge < -0.3 is 0 Å². The van der Waals surface area contributed by atoms with Crippen LogP contribution < -0.4 is 5.56 Å². The molecule has 0 atom stereocenters. The van der Waals surface area contributed by atoms with Crippen LogP contribution in [0.2, 0.25) is 0 Å². The van der Waals surface area contributed by atoms with Gasteiger partial charge in [-0.1, -0.05) is 43.1 Å². The van der Waals surface area contributed by atoms with Crippen molar-refractivity contribution in [2.75, 3.05) is 26.2 Å². The van der Waals surface area contributed by atoms with Gasteiger partial charge in [0.1, 0.15) is 13.1 Å². The summed E-state index contributed by atoms with van der Waals surface area (Å²) in [6, 6.07) is 12.5. The lowest BCUT2D eigenvalue weighted by Gasteiger charge is -2.41. The molecule has 0 spiro atoms. The monoisotopic (exact) mass is 422 g/mol. The highest BCUT2D eigenvalue weighted by Crippen LogP contribution is 2.33. The van der Waals surface area contributed by atoms with Crippen LogP contribution in [0.1, 0.15) is 31.7 Å². The number of fused-ring (bicyclic) bond motifs is 1. The molecule has 0 bridgehead atoms. The summed E-state index contributed by atoms with van der Waals surface area (Å²) in [5.41, 5.74) is 2.44. The van der Waals surface area contributed by atoms with Gasteiger partial charge in [-0.15, -0.1) is 0 Å². The molecule has 2 fully saturated rings. The van der Waals surface area contributed by atoms with E-state index >= 15 is 0 Å². The van der Waals surface area contributed by atoms with E-state index in [0.717, 1.165) is 81.2 Å². The fraction of sp³-hybridized carbons (Fsp3) is 0.435. The lowest BCUT2D eigenvalue weighted by molar-refractivity contribution is 0.103. The second-order valence-corrected chi connectivity index (χ2v) is 8.84. The summed E-state index contributed by atoms with van der Waals surface area (Å²) < 4.78 is 11.5. The van der Waals surface area contributed by atoms with E-state index in [1.54, 1.807) is 6.20 Å². The number of aromatic nitrogens is 3. The molecule has 30 heavy (non-hydrogen) atoms. The Kier molecular flexibility index (Phi) is 5.25. The quantitative estimate of drug-likeness (QED) is 0.653. The molecule has 1 aromatic carbocycles. The number of hydrogen-bond acceptors (Lipinski definition) is 6. The van der Waals surface area contributed by atoms with Gasteiger partial charge in [-0.2, -0.15) is 0 Å². The van der Waals surface area contributed by atoms with Gasteiger partial charge in [-0.3, -0.25) is 18.6 Å². The molecule has 6 nitrogen and oxygen atoms in total. The number of hydrogen-bond donors (Lipinski definition) is 1. The third kappa shape index (κ3) is 3.77. The summed E-state index contributed by atoms with van der Waals surface area (Å²) in [5, 5.41) is 0.909. The molecule has 0 N–H and O–H groups in total. The van der Waals surface area contributed by atoms with Crippen molar-refractivity contribution in [3.63, 3.8) is 0 Å².